The van der Waals surface area contributed by atoms with Crippen molar-refractivity contribution in [3.05, 3.63) is 12.7 Å². The molecule has 0 aliphatic carbocycles. The van der Waals surface area contributed by atoms with Crippen LogP contribution < -0.4 is 0 Å². The van der Waals surface area contributed by atoms with Crippen molar-refractivity contribution >= 4 is 16.0 Å². The van der Waals surface area contributed by atoms with E-state index >= 15 is 0 Å². The maximum absolute atomic E-state index is 11.3. The first kappa shape index (κ1) is 12.2. The lowest BCUT2D eigenvalue weighted by molar-refractivity contribution is -0.128. The van der Waals surface area contributed by atoms with Crippen LogP contribution in [0.2, 0.25) is 0 Å². The number of hydrogen-bond acceptors (Lipinski definition) is 4. The largest absolute Gasteiger partial charge is 0.337 e. The van der Waals surface area contributed by atoms with Crippen LogP contribution in [-0.2, 0) is 19.1 Å². The Morgan fingerprint density at radius 1 is 1.60 bits per heavy atom. The number of carbonyl (C=O) groups excluding carboxylic acids is 1. The summed E-state index contributed by atoms with van der Waals surface area (Å²) in [7, 11) is -3.44. The molecular formula is C9H15NO4S. The lowest BCUT2D eigenvalue weighted by Crippen LogP contribution is -2.43. The number of carbonyl (C=O) groups is 1. The highest BCUT2D eigenvalue weighted by Gasteiger charge is 2.25. The van der Waals surface area contributed by atoms with Gasteiger partial charge in [0.25, 0.3) is 10.1 Å². The third-order valence-electron chi connectivity index (χ3n) is 2.18. The summed E-state index contributed by atoms with van der Waals surface area (Å²) in [6.45, 7) is 4.34. The van der Waals surface area contributed by atoms with Crippen LogP contribution in [-0.4, -0.2) is 44.7 Å². The van der Waals surface area contributed by atoms with Gasteiger partial charge in [0, 0.05) is 13.1 Å². The van der Waals surface area contributed by atoms with Gasteiger partial charge in [-0.05, 0) is 18.9 Å². The molecule has 1 unspecified atom stereocenters. The highest BCUT2D eigenvalue weighted by atomic mass is 32.2. The molecule has 0 aromatic rings. The van der Waals surface area contributed by atoms with E-state index in [-0.39, 0.29) is 5.91 Å². The van der Waals surface area contributed by atoms with Crippen LogP contribution in [0.1, 0.15) is 12.8 Å². The van der Waals surface area contributed by atoms with E-state index < -0.39 is 16.2 Å². The summed E-state index contributed by atoms with van der Waals surface area (Å²) >= 11 is 0. The van der Waals surface area contributed by atoms with E-state index in [9.17, 15) is 13.2 Å². The number of amides is 1. The summed E-state index contributed by atoms with van der Waals surface area (Å²) in [4.78, 5) is 12.8. The van der Waals surface area contributed by atoms with Crippen molar-refractivity contribution in [2.45, 2.75) is 18.9 Å². The van der Waals surface area contributed by atoms with Crippen molar-refractivity contribution in [3.8, 4) is 0 Å². The molecule has 86 valence electrons. The third kappa shape index (κ3) is 4.01. The summed E-state index contributed by atoms with van der Waals surface area (Å²) in [5.74, 6) is -0.184. The van der Waals surface area contributed by atoms with Gasteiger partial charge >= 0.3 is 0 Å². The fourth-order valence-corrected chi connectivity index (χ4v) is 2.24. The molecule has 0 spiro atoms. The Hall–Kier alpha value is -0.880. The molecule has 1 aliphatic heterocycles. The van der Waals surface area contributed by atoms with Gasteiger partial charge in [-0.25, -0.2) is 0 Å². The smallest absolute Gasteiger partial charge is 0.264 e. The van der Waals surface area contributed by atoms with Gasteiger partial charge in [0.05, 0.1) is 12.4 Å². The Labute approximate surface area is 89.8 Å². The zero-order valence-electron chi connectivity index (χ0n) is 8.68. The van der Waals surface area contributed by atoms with Crippen molar-refractivity contribution in [1.29, 1.82) is 0 Å². The normalized spacial score (nSPS) is 22.5. The van der Waals surface area contributed by atoms with Crippen LogP contribution in [0.25, 0.3) is 0 Å². The average molecular weight is 233 g/mol. The first-order valence-corrected chi connectivity index (χ1v) is 6.53. The zero-order chi connectivity index (χ0) is 11.5. The van der Waals surface area contributed by atoms with Crippen LogP contribution in [0.5, 0.6) is 0 Å². The maximum atomic E-state index is 11.3. The predicted octanol–water partition coefficient (Wildman–Crippen LogP) is 0.140. The first-order valence-electron chi connectivity index (χ1n) is 4.72. The van der Waals surface area contributed by atoms with Gasteiger partial charge in [-0.2, -0.15) is 8.42 Å². The third-order valence-corrected chi connectivity index (χ3v) is 2.80. The molecule has 15 heavy (non-hydrogen) atoms. The van der Waals surface area contributed by atoms with E-state index in [2.05, 4.69) is 6.58 Å². The second-order valence-corrected chi connectivity index (χ2v) is 5.15. The lowest BCUT2D eigenvalue weighted by Gasteiger charge is -2.31. The average Bonchev–Trinajstić information content (AvgIpc) is 2.14. The van der Waals surface area contributed by atoms with E-state index in [1.165, 1.54) is 6.08 Å². The van der Waals surface area contributed by atoms with E-state index in [1.54, 1.807) is 4.90 Å². The second-order valence-electron chi connectivity index (χ2n) is 3.55. The van der Waals surface area contributed by atoms with Gasteiger partial charge in [0.15, 0.2) is 0 Å². The van der Waals surface area contributed by atoms with Crippen LogP contribution in [0, 0.1) is 0 Å². The zero-order valence-corrected chi connectivity index (χ0v) is 9.50. The van der Waals surface area contributed by atoms with Crippen molar-refractivity contribution in [1.82, 2.24) is 4.90 Å². The highest BCUT2D eigenvalue weighted by Crippen LogP contribution is 2.15. The molecule has 1 rings (SSSR count). The summed E-state index contributed by atoms with van der Waals surface area (Å²) in [5.41, 5.74) is 0. The molecule has 0 aromatic heterocycles. The topological polar surface area (TPSA) is 63.7 Å². The molecule has 1 saturated heterocycles. The molecule has 0 saturated carbocycles. The highest BCUT2D eigenvalue weighted by molar-refractivity contribution is 7.86. The van der Waals surface area contributed by atoms with Crippen molar-refractivity contribution in [3.63, 3.8) is 0 Å². The molecular weight excluding hydrogens is 218 g/mol. The summed E-state index contributed by atoms with van der Waals surface area (Å²) in [6.07, 6.45) is 3.23. The molecule has 1 atom stereocenters. The van der Waals surface area contributed by atoms with Crippen LogP contribution in [0.3, 0.4) is 0 Å². The van der Waals surface area contributed by atoms with E-state index in [0.717, 1.165) is 12.7 Å². The van der Waals surface area contributed by atoms with Crippen LogP contribution in [0.15, 0.2) is 12.7 Å². The lowest BCUT2D eigenvalue weighted by atomic mass is 10.1. The molecule has 0 aromatic carbocycles. The Morgan fingerprint density at radius 3 is 2.80 bits per heavy atom. The standard InChI is InChI=1S/C9H15NO4S/c1-3-9(11)10-6-4-5-8(7-10)14-15(2,12)13/h3,8H,1,4-7H2,2H3. The fourth-order valence-electron chi connectivity index (χ4n) is 1.59. The minimum absolute atomic E-state index is 0.184. The Kier molecular flexibility index (Phi) is 3.87. The quantitative estimate of drug-likeness (QED) is 0.514. The fraction of sp³-hybridized carbons (Fsp3) is 0.667. The van der Waals surface area contributed by atoms with Crippen molar-refractivity contribution in [2.75, 3.05) is 19.3 Å². The van der Waals surface area contributed by atoms with Crippen molar-refractivity contribution < 1.29 is 17.4 Å². The van der Waals surface area contributed by atoms with Gasteiger partial charge < -0.3 is 4.90 Å². The van der Waals surface area contributed by atoms with Crippen molar-refractivity contribution in [2.24, 2.45) is 0 Å². The number of piperidine rings is 1. The predicted molar refractivity (Wildman–Crippen MR) is 55.7 cm³/mol. The number of nitrogens with zero attached hydrogens (tertiary/aromatic N) is 1. The van der Waals surface area contributed by atoms with Gasteiger partial charge in [0.1, 0.15) is 0 Å². The minimum atomic E-state index is -3.44. The molecule has 0 radical (unpaired) electrons. The molecule has 0 bridgehead atoms. The van der Waals surface area contributed by atoms with Crippen LogP contribution in [0.4, 0.5) is 0 Å². The summed E-state index contributed by atoms with van der Waals surface area (Å²) < 4.78 is 26.6. The molecule has 1 fully saturated rings. The summed E-state index contributed by atoms with van der Waals surface area (Å²) in [6, 6.07) is 0. The van der Waals surface area contributed by atoms with Crippen LogP contribution >= 0.6 is 0 Å². The SMILES string of the molecule is C=CC(=O)N1CCCC(OS(C)(=O)=O)C1. The van der Waals surface area contributed by atoms with Gasteiger partial charge in [-0.15, -0.1) is 0 Å². The minimum Gasteiger partial charge on any atom is -0.337 e. The summed E-state index contributed by atoms with van der Waals surface area (Å²) in [5, 5.41) is 0. The Bertz CT molecular complexity index is 349. The Morgan fingerprint density at radius 2 is 2.27 bits per heavy atom. The molecule has 1 aliphatic rings. The van der Waals surface area contributed by atoms with E-state index in [4.69, 9.17) is 4.18 Å². The van der Waals surface area contributed by atoms with Gasteiger partial charge in [-0.1, -0.05) is 6.58 Å². The van der Waals surface area contributed by atoms with Gasteiger partial charge in [-0.3, -0.25) is 8.98 Å². The maximum Gasteiger partial charge on any atom is 0.264 e. The number of rotatable bonds is 3. The second kappa shape index (κ2) is 4.76. The first-order chi connectivity index (χ1) is 6.92. The van der Waals surface area contributed by atoms with E-state index in [1.807, 2.05) is 0 Å². The molecule has 6 heteroatoms. The molecule has 1 amide bonds. The molecule has 1 heterocycles. The monoisotopic (exact) mass is 233 g/mol. The Balaban J connectivity index is 2.56. The molecule has 0 N–H and O–H groups in total. The van der Waals surface area contributed by atoms with Gasteiger partial charge in [0.2, 0.25) is 5.91 Å². The van der Waals surface area contributed by atoms with E-state index in [0.29, 0.717) is 19.5 Å². The number of hydrogen-bond donors (Lipinski definition) is 0. The molecule has 5 nitrogen and oxygen atoms in total. The number of likely N-dealkylation sites (tertiary alicyclic amines) is 1.